The maximum absolute atomic E-state index is 12.9. The van der Waals surface area contributed by atoms with Gasteiger partial charge >= 0.3 is 18.0 Å². The molecule has 1 amide bonds. The fraction of sp³-hybridized carbons (Fsp3) is 0.854. The lowest BCUT2D eigenvalue weighted by molar-refractivity contribution is -0.161. The Bertz CT molecular complexity index is 971. The molecule has 0 radical (unpaired) electrons. The lowest BCUT2D eigenvalue weighted by atomic mass is 10.1. The molecule has 0 spiro atoms. The maximum Gasteiger partial charge on any atom is 0.407 e. The highest BCUT2D eigenvalue weighted by molar-refractivity contribution is 5.70. The first-order valence-corrected chi connectivity index (χ1v) is 23.7. The van der Waals surface area contributed by atoms with Gasteiger partial charge in [0.2, 0.25) is 0 Å². The van der Waals surface area contributed by atoms with Gasteiger partial charge < -0.3 is 33.9 Å². The molecule has 58 heavy (non-hydrogen) atoms. The van der Waals surface area contributed by atoms with Gasteiger partial charge in [0.15, 0.2) is 6.29 Å². The molecule has 0 saturated heterocycles. The monoisotopic (exact) mass is 823 g/mol. The van der Waals surface area contributed by atoms with Gasteiger partial charge in [0.25, 0.3) is 0 Å². The van der Waals surface area contributed by atoms with Crippen molar-refractivity contribution < 1.29 is 38.1 Å². The topological polar surface area (TPSA) is 113 Å². The molecule has 0 saturated carbocycles. The van der Waals surface area contributed by atoms with Crippen LogP contribution in [0.3, 0.4) is 0 Å². The Balaban J connectivity index is 4.76. The summed E-state index contributed by atoms with van der Waals surface area (Å²) in [5.74, 6) is -1.15. The summed E-state index contributed by atoms with van der Waals surface area (Å²) in [4.78, 5) is 39.9. The summed E-state index contributed by atoms with van der Waals surface area (Å²) in [5, 5.41) is 2.76. The van der Waals surface area contributed by atoms with E-state index in [1.807, 2.05) is 19.0 Å². The average Bonchev–Trinajstić information content (AvgIpc) is 3.21. The van der Waals surface area contributed by atoms with E-state index in [9.17, 15) is 14.4 Å². The second-order valence-electron chi connectivity index (χ2n) is 16.1. The van der Waals surface area contributed by atoms with Crippen molar-refractivity contribution in [3.05, 3.63) is 24.3 Å². The number of carbonyl (C=O) groups excluding carboxylic acids is 3. The summed E-state index contributed by atoms with van der Waals surface area (Å²) in [6.45, 7) is 9.18. The summed E-state index contributed by atoms with van der Waals surface area (Å²) < 4.78 is 28.8. The minimum atomic E-state index is -0.542. The van der Waals surface area contributed by atoms with Gasteiger partial charge in [-0.3, -0.25) is 9.59 Å². The van der Waals surface area contributed by atoms with Gasteiger partial charge in [-0.05, 0) is 78.4 Å². The standard InChI is InChI=1S/C48H90N2O8/c1-6-9-12-15-18-19-20-21-22-23-24-25-26-27-30-34-45(51)56-41-44(43-58-48(53)49-37-33-38-50(4)5)42-57-46(52)35-36-47(54-39-31-28-16-13-10-7-2)55-40-32-29-17-14-11-8-3/h18-19,21-22,44,47H,6-17,20,23-43H2,1-5H3,(H,49,53). The molecule has 10 heteroatoms. The predicted molar refractivity (Wildman–Crippen MR) is 239 cm³/mol. The number of ether oxygens (including phenoxy) is 5. The first-order valence-electron chi connectivity index (χ1n) is 23.7. The Hall–Kier alpha value is -2.43. The third-order valence-corrected chi connectivity index (χ3v) is 9.98. The van der Waals surface area contributed by atoms with E-state index in [1.54, 1.807) is 0 Å². The first-order chi connectivity index (χ1) is 28.3. The van der Waals surface area contributed by atoms with Crippen LogP contribution in [0.25, 0.3) is 0 Å². The number of rotatable bonds is 43. The summed E-state index contributed by atoms with van der Waals surface area (Å²) in [6, 6.07) is 0. The van der Waals surface area contributed by atoms with Crippen molar-refractivity contribution in [2.75, 3.05) is 60.2 Å². The van der Waals surface area contributed by atoms with Crippen LogP contribution in [-0.4, -0.2) is 89.4 Å². The summed E-state index contributed by atoms with van der Waals surface area (Å²) in [7, 11) is 3.96. The number of amides is 1. The van der Waals surface area contributed by atoms with Crippen molar-refractivity contribution >= 4 is 18.0 Å². The molecule has 0 aliphatic rings. The first kappa shape index (κ1) is 55.6. The Labute approximate surface area is 356 Å². The molecule has 0 rings (SSSR count). The van der Waals surface area contributed by atoms with Crippen LogP contribution < -0.4 is 5.32 Å². The zero-order valence-corrected chi connectivity index (χ0v) is 38.2. The summed E-state index contributed by atoms with van der Waals surface area (Å²) in [6.07, 6.45) is 36.2. The molecule has 1 N–H and O–H groups in total. The van der Waals surface area contributed by atoms with Gasteiger partial charge in [0, 0.05) is 32.6 Å². The molecule has 0 aromatic rings. The number of esters is 2. The van der Waals surface area contributed by atoms with E-state index in [4.69, 9.17) is 23.7 Å². The zero-order chi connectivity index (χ0) is 42.6. The molecule has 0 aromatic carbocycles. The fourth-order valence-corrected chi connectivity index (χ4v) is 6.27. The van der Waals surface area contributed by atoms with E-state index in [0.29, 0.717) is 32.6 Å². The highest BCUT2D eigenvalue weighted by Crippen LogP contribution is 2.14. The third kappa shape index (κ3) is 41.7. The van der Waals surface area contributed by atoms with Crippen LogP contribution in [0, 0.1) is 5.92 Å². The maximum atomic E-state index is 12.9. The van der Waals surface area contributed by atoms with Crippen molar-refractivity contribution in [2.45, 2.75) is 200 Å². The van der Waals surface area contributed by atoms with Crippen molar-refractivity contribution in [1.29, 1.82) is 0 Å². The van der Waals surface area contributed by atoms with Crippen LogP contribution in [0.1, 0.15) is 194 Å². The molecule has 0 heterocycles. The Morgan fingerprint density at radius 3 is 1.57 bits per heavy atom. The Kier molecular flexibility index (Phi) is 42.3. The second-order valence-corrected chi connectivity index (χ2v) is 16.1. The number of allylic oxidation sites excluding steroid dienone is 4. The minimum absolute atomic E-state index is 0.00560. The number of nitrogens with one attached hydrogen (secondary N) is 1. The van der Waals surface area contributed by atoms with E-state index in [-0.39, 0.29) is 38.2 Å². The van der Waals surface area contributed by atoms with Crippen LogP contribution >= 0.6 is 0 Å². The number of hydrogen-bond acceptors (Lipinski definition) is 9. The van der Waals surface area contributed by atoms with E-state index < -0.39 is 18.3 Å². The van der Waals surface area contributed by atoms with Crippen molar-refractivity contribution in [1.82, 2.24) is 10.2 Å². The molecule has 0 aliphatic carbocycles. The van der Waals surface area contributed by atoms with Gasteiger partial charge in [0.05, 0.1) is 12.3 Å². The Morgan fingerprint density at radius 1 is 0.534 bits per heavy atom. The SMILES string of the molecule is CCCCCC=CCC=CCCCCCCCC(=O)OCC(COC(=O)CCC(OCCCCCCCC)OCCCCCCCC)COC(=O)NCCCN(C)C. The second kappa shape index (κ2) is 44.1. The molecule has 1 atom stereocenters. The van der Waals surface area contributed by atoms with Gasteiger partial charge in [-0.1, -0.05) is 141 Å². The molecule has 0 aliphatic heterocycles. The van der Waals surface area contributed by atoms with Gasteiger partial charge in [-0.25, -0.2) is 4.79 Å². The summed E-state index contributed by atoms with van der Waals surface area (Å²) >= 11 is 0. The van der Waals surface area contributed by atoms with Gasteiger partial charge in [-0.2, -0.15) is 0 Å². The Morgan fingerprint density at radius 2 is 1.00 bits per heavy atom. The lowest BCUT2D eigenvalue weighted by Crippen LogP contribution is -2.32. The van der Waals surface area contributed by atoms with E-state index in [1.165, 1.54) is 77.0 Å². The van der Waals surface area contributed by atoms with Crippen molar-refractivity contribution in [2.24, 2.45) is 5.92 Å². The molecular formula is C48H90N2O8. The van der Waals surface area contributed by atoms with Gasteiger partial charge in [-0.15, -0.1) is 0 Å². The molecule has 10 nitrogen and oxygen atoms in total. The van der Waals surface area contributed by atoms with Crippen LogP contribution in [0.4, 0.5) is 4.79 Å². The van der Waals surface area contributed by atoms with Crippen molar-refractivity contribution in [3.63, 3.8) is 0 Å². The van der Waals surface area contributed by atoms with Gasteiger partial charge in [0.1, 0.15) is 19.8 Å². The van der Waals surface area contributed by atoms with E-state index in [2.05, 4.69) is 50.4 Å². The molecule has 0 fully saturated rings. The molecule has 1 unspecified atom stereocenters. The van der Waals surface area contributed by atoms with Crippen LogP contribution in [0.2, 0.25) is 0 Å². The van der Waals surface area contributed by atoms with Crippen molar-refractivity contribution in [3.8, 4) is 0 Å². The van der Waals surface area contributed by atoms with Crippen LogP contribution in [0.15, 0.2) is 24.3 Å². The molecule has 0 aromatic heterocycles. The molecule has 340 valence electrons. The highest BCUT2D eigenvalue weighted by Gasteiger charge is 2.19. The average molecular weight is 823 g/mol. The van der Waals surface area contributed by atoms with Crippen LogP contribution in [0.5, 0.6) is 0 Å². The minimum Gasteiger partial charge on any atom is -0.465 e. The quantitative estimate of drug-likeness (QED) is 0.0211. The number of carbonyl (C=O) groups is 3. The van der Waals surface area contributed by atoms with Crippen LogP contribution in [-0.2, 0) is 33.3 Å². The largest absolute Gasteiger partial charge is 0.465 e. The third-order valence-electron chi connectivity index (χ3n) is 9.98. The van der Waals surface area contributed by atoms with E-state index >= 15 is 0 Å². The smallest absolute Gasteiger partial charge is 0.407 e. The number of alkyl carbamates (subject to hydrolysis) is 1. The predicted octanol–water partition coefficient (Wildman–Crippen LogP) is 12.0. The number of hydrogen-bond donors (Lipinski definition) is 1. The highest BCUT2D eigenvalue weighted by atomic mass is 16.7. The molecular weight excluding hydrogens is 733 g/mol. The number of unbranched alkanes of at least 4 members (excludes halogenated alkanes) is 18. The summed E-state index contributed by atoms with van der Waals surface area (Å²) in [5.41, 5.74) is 0. The normalized spacial score (nSPS) is 12.3. The van der Waals surface area contributed by atoms with E-state index in [0.717, 1.165) is 83.6 Å². The fourth-order valence-electron chi connectivity index (χ4n) is 6.27. The lowest BCUT2D eigenvalue weighted by Gasteiger charge is -2.20. The zero-order valence-electron chi connectivity index (χ0n) is 38.2. The number of nitrogens with zero attached hydrogens (tertiary/aromatic N) is 1. The molecule has 0 bridgehead atoms.